The summed E-state index contributed by atoms with van der Waals surface area (Å²) in [7, 11) is 0. The number of allylic oxidation sites excluding steroid dienone is 2. The molecule has 0 aliphatic carbocycles. The molecule has 0 bridgehead atoms. The van der Waals surface area contributed by atoms with Gasteiger partial charge >= 0.3 is 5.97 Å². The molecular formula is C28H24FN3O4. The van der Waals surface area contributed by atoms with Gasteiger partial charge in [0.2, 0.25) is 0 Å². The number of ether oxygens (including phenoxy) is 1. The average Bonchev–Trinajstić information content (AvgIpc) is 3.28. The minimum absolute atomic E-state index is 0.126. The van der Waals surface area contributed by atoms with Gasteiger partial charge in [-0.1, -0.05) is 29.8 Å². The number of benzene rings is 2. The molecule has 1 aliphatic rings. The van der Waals surface area contributed by atoms with Crippen LogP contribution in [0.3, 0.4) is 0 Å². The van der Waals surface area contributed by atoms with Crippen molar-refractivity contribution >= 4 is 22.5 Å². The minimum atomic E-state index is -0.801. The molecule has 7 nitrogen and oxygen atoms in total. The van der Waals surface area contributed by atoms with Crippen LogP contribution in [-0.4, -0.2) is 38.2 Å². The normalized spacial score (nSPS) is 15.1. The molecule has 4 aromatic rings. The molecule has 2 aromatic carbocycles. The summed E-state index contributed by atoms with van der Waals surface area (Å²) in [6.45, 7) is 3.78. The van der Waals surface area contributed by atoms with Crippen LogP contribution < -0.4 is 0 Å². The van der Waals surface area contributed by atoms with Crippen molar-refractivity contribution in [2.24, 2.45) is 0 Å². The Kier molecular flexibility index (Phi) is 6.10. The lowest BCUT2D eigenvalue weighted by Crippen LogP contribution is -2.28. The van der Waals surface area contributed by atoms with E-state index in [1.54, 1.807) is 36.1 Å². The number of esters is 1. The van der Waals surface area contributed by atoms with Crippen LogP contribution in [0.15, 0.2) is 72.1 Å². The molecule has 1 N–H and O–H groups in total. The smallest absolute Gasteiger partial charge is 0.358 e. The number of carbonyl (C=O) groups excluding carboxylic acids is 2. The molecule has 1 unspecified atom stereocenters. The summed E-state index contributed by atoms with van der Waals surface area (Å²) in [5.74, 6) is -1.98. The van der Waals surface area contributed by atoms with E-state index in [1.807, 2.05) is 31.2 Å². The first-order valence-electron chi connectivity index (χ1n) is 11.6. The highest BCUT2D eigenvalue weighted by atomic mass is 19.1. The van der Waals surface area contributed by atoms with E-state index in [0.29, 0.717) is 23.3 Å². The first-order chi connectivity index (χ1) is 17.4. The van der Waals surface area contributed by atoms with E-state index in [0.717, 1.165) is 21.9 Å². The zero-order valence-corrected chi connectivity index (χ0v) is 19.9. The zero-order chi connectivity index (χ0) is 25.4. The van der Waals surface area contributed by atoms with E-state index in [4.69, 9.17) is 4.74 Å². The predicted octanol–water partition coefficient (Wildman–Crippen LogP) is 4.73. The molecule has 0 spiro atoms. The third kappa shape index (κ3) is 4.26. The monoisotopic (exact) mass is 485 g/mol. The van der Waals surface area contributed by atoms with Crippen LogP contribution in [-0.2, 0) is 22.4 Å². The maximum absolute atomic E-state index is 14.4. The van der Waals surface area contributed by atoms with Crippen LogP contribution in [0.4, 0.5) is 4.39 Å². The summed E-state index contributed by atoms with van der Waals surface area (Å²) >= 11 is 0. The second-order valence-corrected chi connectivity index (χ2v) is 8.83. The summed E-state index contributed by atoms with van der Waals surface area (Å²) in [4.78, 5) is 30.3. The number of phenols is 1. The lowest BCUT2D eigenvalue weighted by Gasteiger charge is -2.29. The van der Waals surface area contributed by atoms with Gasteiger partial charge in [0.1, 0.15) is 6.04 Å². The highest BCUT2D eigenvalue weighted by Crippen LogP contribution is 2.38. The Morgan fingerprint density at radius 3 is 2.75 bits per heavy atom. The molecule has 8 heteroatoms. The fourth-order valence-corrected chi connectivity index (χ4v) is 4.73. The number of phenolic OH excluding ortho intramolecular Hbond substituents is 1. The number of fused-ring (bicyclic) bond motifs is 2. The van der Waals surface area contributed by atoms with Crippen LogP contribution in [0.5, 0.6) is 5.75 Å². The van der Waals surface area contributed by atoms with Gasteiger partial charge in [-0.05, 0) is 54.6 Å². The number of pyridine rings is 1. The first kappa shape index (κ1) is 23.4. The molecule has 5 rings (SSSR count). The quantitative estimate of drug-likeness (QED) is 0.397. The molecule has 36 heavy (non-hydrogen) atoms. The molecule has 0 fully saturated rings. The molecule has 3 heterocycles. The largest absolute Gasteiger partial charge is 0.505 e. The van der Waals surface area contributed by atoms with Gasteiger partial charge in [0.15, 0.2) is 23.0 Å². The second kappa shape index (κ2) is 9.37. The van der Waals surface area contributed by atoms with Gasteiger partial charge < -0.3 is 9.84 Å². The number of aromatic hydroxyl groups is 1. The maximum Gasteiger partial charge on any atom is 0.358 e. The van der Waals surface area contributed by atoms with Crippen molar-refractivity contribution < 1.29 is 23.8 Å². The minimum Gasteiger partial charge on any atom is -0.505 e. The fourth-order valence-electron chi connectivity index (χ4n) is 4.73. The molecule has 182 valence electrons. The van der Waals surface area contributed by atoms with Crippen LogP contribution in [0.25, 0.3) is 10.8 Å². The summed E-state index contributed by atoms with van der Waals surface area (Å²) in [6.07, 6.45) is 4.03. The van der Waals surface area contributed by atoms with Gasteiger partial charge in [-0.2, -0.15) is 5.10 Å². The van der Waals surface area contributed by atoms with Crippen molar-refractivity contribution in [2.75, 3.05) is 6.61 Å². The lowest BCUT2D eigenvalue weighted by atomic mass is 9.85. The Bertz CT molecular complexity index is 1540. The van der Waals surface area contributed by atoms with Crippen molar-refractivity contribution in [3.05, 3.63) is 100 Å². The molecule has 1 aliphatic heterocycles. The topological polar surface area (TPSA) is 94.3 Å². The Morgan fingerprint density at radius 2 is 1.97 bits per heavy atom. The second-order valence-electron chi connectivity index (χ2n) is 8.83. The van der Waals surface area contributed by atoms with Crippen molar-refractivity contribution in [2.45, 2.75) is 32.7 Å². The number of carbonyl (C=O) groups is 2. The Balaban J connectivity index is 1.57. The SMILES string of the molecule is CCOC(=O)c1cc2n(n1)C(c1ccc(O)c(F)c1)C(C(=O)Cc1ccc3cnccc3c1)=C(C)C2. The van der Waals surface area contributed by atoms with Crippen molar-refractivity contribution in [1.29, 1.82) is 0 Å². The van der Waals surface area contributed by atoms with Crippen molar-refractivity contribution in [3.63, 3.8) is 0 Å². The van der Waals surface area contributed by atoms with Gasteiger partial charge in [0, 0.05) is 41.9 Å². The predicted molar refractivity (Wildman–Crippen MR) is 131 cm³/mol. The van der Waals surface area contributed by atoms with E-state index in [1.165, 1.54) is 12.1 Å². The summed E-state index contributed by atoms with van der Waals surface area (Å²) < 4.78 is 21.1. The van der Waals surface area contributed by atoms with Gasteiger partial charge in [0.25, 0.3) is 0 Å². The number of Topliss-reactive ketones (excluding diaryl/α,β-unsaturated/α-hetero) is 1. The van der Waals surface area contributed by atoms with Crippen LogP contribution in [0.2, 0.25) is 0 Å². The lowest BCUT2D eigenvalue weighted by molar-refractivity contribution is -0.115. The molecule has 0 saturated carbocycles. The van der Waals surface area contributed by atoms with Crippen LogP contribution >= 0.6 is 0 Å². The van der Waals surface area contributed by atoms with Crippen LogP contribution in [0.1, 0.15) is 47.2 Å². The van der Waals surface area contributed by atoms with E-state index in [-0.39, 0.29) is 24.5 Å². The number of hydrogen-bond acceptors (Lipinski definition) is 6. The molecule has 0 amide bonds. The Morgan fingerprint density at radius 1 is 1.14 bits per heavy atom. The molecule has 0 saturated heterocycles. The number of nitrogens with zero attached hydrogens (tertiary/aromatic N) is 3. The van der Waals surface area contributed by atoms with Gasteiger partial charge in [0.05, 0.1) is 6.61 Å². The zero-order valence-electron chi connectivity index (χ0n) is 19.9. The Hall–Kier alpha value is -4.33. The number of hydrogen-bond donors (Lipinski definition) is 1. The molecule has 2 aromatic heterocycles. The third-order valence-electron chi connectivity index (χ3n) is 6.38. The molecule has 1 atom stereocenters. The van der Waals surface area contributed by atoms with E-state index in [2.05, 4.69) is 10.1 Å². The highest BCUT2D eigenvalue weighted by molar-refractivity contribution is 6.00. The third-order valence-corrected chi connectivity index (χ3v) is 6.38. The number of ketones is 1. The van der Waals surface area contributed by atoms with Gasteiger partial charge in [-0.25, -0.2) is 9.18 Å². The van der Waals surface area contributed by atoms with Crippen molar-refractivity contribution in [1.82, 2.24) is 14.8 Å². The summed E-state index contributed by atoms with van der Waals surface area (Å²) in [5.41, 5.74) is 3.42. The van der Waals surface area contributed by atoms with Gasteiger partial charge in [-0.3, -0.25) is 14.5 Å². The number of halogens is 1. The molecule has 0 radical (unpaired) electrons. The fraction of sp³-hybridized carbons (Fsp3) is 0.214. The van der Waals surface area contributed by atoms with E-state index >= 15 is 0 Å². The highest BCUT2D eigenvalue weighted by Gasteiger charge is 2.34. The molecular weight excluding hydrogens is 461 g/mol. The van der Waals surface area contributed by atoms with Gasteiger partial charge in [-0.15, -0.1) is 0 Å². The van der Waals surface area contributed by atoms with Crippen LogP contribution in [0, 0.1) is 5.82 Å². The maximum atomic E-state index is 14.4. The summed E-state index contributed by atoms with van der Waals surface area (Å²) in [5, 5.41) is 16.2. The Labute approximate surface area is 206 Å². The van der Waals surface area contributed by atoms with E-state index in [9.17, 15) is 19.1 Å². The number of rotatable bonds is 6. The average molecular weight is 486 g/mol. The van der Waals surface area contributed by atoms with E-state index < -0.39 is 23.6 Å². The number of aromatic nitrogens is 3. The van der Waals surface area contributed by atoms with Crippen molar-refractivity contribution in [3.8, 4) is 5.75 Å². The summed E-state index contributed by atoms with van der Waals surface area (Å²) in [6, 6.07) is 12.6. The first-order valence-corrected chi connectivity index (χ1v) is 11.6. The standard InChI is InChI=1S/C28H24FN3O4/c1-3-36-28(35)23-14-21-10-16(2)26(27(32(21)31-23)19-6-7-24(33)22(29)13-19)25(34)12-17-4-5-20-15-30-9-8-18(20)11-17/h4-9,11,13-15,27,33H,3,10,12H2,1-2H3.